The molecule has 3 atom stereocenters. The fourth-order valence-electron chi connectivity index (χ4n) is 4.46. The van der Waals surface area contributed by atoms with Crippen LogP contribution in [0.25, 0.3) is 10.9 Å². The summed E-state index contributed by atoms with van der Waals surface area (Å²) < 4.78 is 7.81. The third kappa shape index (κ3) is 3.13. The first-order valence-electron chi connectivity index (χ1n) is 9.39. The van der Waals surface area contributed by atoms with Gasteiger partial charge in [0.1, 0.15) is 5.69 Å². The van der Waals surface area contributed by atoms with E-state index in [0.717, 1.165) is 30.4 Å². The minimum atomic E-state index is -0.0132. The molecule has 2 fully saturated rings. The van der Waals surface area contributed by atoms with Gasteiger partial charge in [-0.2, -0.15) is 0 Å². The van der Waals surface area contributed by atoms with Crippen molar-refractivity contribution in [2.75, 3.05) is 26.3 Å². The highest BCUT2D eigenvalue weighted by molar-refractivity contribution is 5.99. The first-order chi connectivity index (χ1) is 12.6. The smallest absolute Gasteiger partial charge is 0.268 e. The topological polar surface area (TPSA) is 66.7 Å². The van der Waals surface area contributed by atoms with E-state index in [1.165, 1.54) is 5.56 Å². The van der Waals surface area contributed by atoms with E-state index in [-0.39, 0.29) is 24.7 Å². The van der Waals surface area contributed by atoms with E-state index in [0.29, 0.717) is 24.8 Å². The molecule has 6 heteroatoms. The molecule has 26 heavy (non-hydrogen) atoms. The minimum absolute atomic E-state index is 0.0132. The van der Waals surface area contributed by atoms with Crippen LogP contribution in [0.3, 0.4) is 0 Å². The number of fused-ring (bicyclic) bond motifs is 2. The van der Waals surface area contributed by atoms with Crippen LogP contribution in [-0.4, -0.2) is 65.0 Å². The van der Waals surface area contributed by atoms with Crippen molar-refractivity contribution in [2.45, 2.75) is 38.0 Å². The Morgan fingerprint density at radius 3 is 3.00 bits per heavy atom. The van der Waals surface area contributed by atoms with Crippen LogP contribution in [0.4, 0.5) is 0 Å². The van der Waals surface area contributed by atoms with Crippen LogP contribution in [0.2, 0.25) is 0 Å². The van der Waals surface area contributed by atoms with Gasteiger partial charge in [-0.1, -0.05) is 18.2 Å². The van der Waals surface area contributed by atoms with E-state index in [9.17, 15) is 4.79 Å². The lowest BCUT2D eigenvalue weighted by atomic mass is 10.1. The largest absolute Gasteiger partial charge is 0.396 e. The average molecular weight is 357 g/mol. The van der Waals surface area contributed by atoms with E-state index in [4.69, 9.17) is 9.84 Å². The fraction of sp³-hybridized carbons (Fsp3) is 0.550. The van der Waals surface area contributed by atoms with Crippen molar-refractivity contribution in [1.82, 2.24) is 14.8 Å². The molecule has 140 valence electrons. The van der Waals surface area contributed by atoms with Crippen molar-refractivity contribution in [1.29, 1.82) is 0 Å². The Balaban J connectivity index is 1.45. The fourth-order valence-corrected chi connectivity index (χ4v) is 4.46. The van der Waals surface area contributed by atoms with Gasteiger partial charge in [0.2, 0.25) is 0 Å². The van der Waals surface area contributed by atoms with Crippen molar-refractivity contribution < 1.29 is 14.6 Å². The molecule has 6 nitrogen and oxygen atoms in total. The van der Waals surface area contributed by atoms with Gasteiger partial charge in [0.25, 0.3) is 5.91 Å². The lowest BCUT2D eigenvalue weighted by Crippen LogP contribution is -2.46. The summed E-state index contributed by atoms with van der Waals surface area (Å²) >= 11 is 0. The first kappa shape index (κ1) is 17.5. The molecule has 0 aliphatic carbocycles. The summed E-state index contributed by atoms with van der Waals surface area (Å²) in [6.07, 6.45) is 1.70. The van der Waals surface area contributed by atoms with Crippen LogP contribution in [0.1, 0.15) is 28.9 Å². The number of carbonyl (C=O) groups excluding carboxylic acids is 1. The summed E-state index contributed by atoms with van der Waals surface area (Å²) in [5, 5.41) is 13.4. The second-order valence-corrected chi connectivity index (χ2v) is 7.58. The molecule has 2 saturated heterocycles. The summed E-state index contributed by atoms with van der Waals surface area (Å²) in [5.74, 6) is -0.0132. The number of aromatic nitrogens is 1. The zero-order valence-electron chi connectivity index (χ0n) is 15.4. The second-order valence-electron chi connectivity index (χ2n) is 7.58. The first-order valence-corrected chi connectivity index (χ1v) is 9.39. The lowest BCUT2D eigenvalue weighted by Gasteiger charge is -2.34. The van der Waals surface area contributed by atoms with E-state index in [1.807, 2.05) is 29.8 Å². The standard InChI is InChI=1S/C20H27N3O3/c1-13-4-3-5-14-8-18(22(2)19(13)14)20(25)21-15-9-16-12-26-17(6-7-24)11-23(16)10-15/h3-5,8,15-17,24H,6-7,9-12H2,1-2H3,(H,21,25)/t15-,16-,17-/m0/s1. The third-order valence-electron chi connectivity index (χ3n) is 5.77. The molecule has 1 aromatic carbocycles. The summed E-state index contributed by atoms with van der Waals surface area (Å²) in [4.78, 5) is 15.2. The lowest BCUT2D eigenvalue weighted by molar-refractivity contribution is -0.0566. The van der Waals surface area contributed by atoms with Crippen LogP contribution < -0.4 is 5.32 Å². The number of amides is 1. The van der Waals surface area contributed by atoms with Gasteiger partial charge in [0.15, 0.2) is 0 Å². The number of hydrogen-bond acceptors (Lipinski definition) is 4. The minimum Gasteiger partial charge on any atom is -0.396 e. The maximum atomic E-state index is 12.9. The molecular weight excluding hydrogens is 330 g/mol. The Hall–Kier alpha value is -1.89. The van der Waals surface area contributed by atoms with E-state index in [1.54, 1.807) is 0 Å². The molecule has 0 unspecified atom stereocenters. The predicted octanol–water partition coefficient (Wildman–Crippen LogP) is 1.44. The average Bonchev–Trinajstić information content (AvgIpc) is 3.16. The summed E-state index contributed by atoms with van der Waals surface area (Å²) in [6, 6.07) is 8.63. The van der Waals surface area contributed by atoms with Crippen LogP contribution >= 0.6 is 0 Å². The number of aryl methyl sites for hydroxylation is 2. The maximum absolute atomic E-state index is 12.9. The Kier molecular flexibility index (Phi) is 4.73. The monoisotopic (exact) mass is 357 g/mol. The van der Waals surface area contributed by atoms with Crippen molar-refractivity contribution in [3.8, 4) is 0 Å². The molecule has 3 heterocycles. The molecule has 2 aliphatic rings. The maximum Gasteiger partial charge on any atom is 0.268 e. The van der Waals surface area contributed by atoms with Crippen LogP contribution in [-0.2, 0) is 11.8 Å². The van der Waals surface area contributed by atoms with Gasteiger partial charge in [0, 0.05) is 44.2 Å². The number of benzene rings is 1. The van der Waals surface area contributed by atoms with Crippen molar-refractivity contribution in [2.24, 2.45) is 7.05 Å². The second kappa shape index (κ2) is 7.02. The van der Waals surface area contributed by atoms with Gasteiger partial charge in [0.05, 0.1) is 18.2 Å². The quantitative estimate of drug-likeness (QED) is 0.869. The zero-order valence-corrected chi connectivity index (χ0v) is 15.4. The summed E-state index contributed by atoms with van der Waals surface area (Å²) in [6.45, 7) is 4.60. The molecule has 2 aliphatic heterocycles. The number of nitrogens with zero attached hydrogens (tertiary/aromatic N) is 2. The highest BCUT2D eigenvalue weighted by Crippen LogP contribution is 2.26. The zero-order chi connectivity index (χ0) is 18.3. The highest BCUT2D eigenvalue weighted by Gasteiger charge is 2.37. The number of aliphatic hydroxyl groups is 1. The number of morpholine rings is 1. The van der Waals surface area contributed by atoms with Crippen LogP contribution in [0.5, 0.6) is 0 Å². The summed E-state index contributed by atoms with van der Waals surface area (Å²) in [5.41, 5.74) is 2.99. The van der Waals surface area contributed by atoms with Gasteiger partial charge in [-0.3, -0.25) is 9.69 Å². The van der Waals surface area contributed by atoms with Gasteiger partial charge < -0.3 is 19.7 Å². The SMILES string of the molecule is Cc1cccc2cc(C(=O)N[C@H]3C[C@H]4CO[C@@H](CCO)CN4C3)n(C)c12. The Labute approximate surface area is 153 Å². The molecule has 0 radical (unpaired) electrons. The Morgan fingerprint density at radius 1 is 1.38 bits per heavy atom. The van der Waals surface area contributed by atoms with Gasteiger partial charge in [-0.25, -0.2) is 0 Å². The predicted molar refractivity (Wildman–Crippen MR) is 100 cm³/mol. The number of hydrogen-bond donors (Lipinski definition) is 2. The molecule has 1 aromatic heterocycles. The molecule has 2 N–H and O–H groups in total. The van der Waals surface area contributed by atoms with Gasteiger partial charge in [-0.15, -0.1) is 0 Å². The Morgan fingerprint density at radius 2 is 2.23 bits per heavy atom. The van der Waals surface area contributed by atoms with E-state index in [2.05, 4.69) is 23.2 Å². The molecule has 2 aromatic rings. The molecule has 1 amide bonds. The number of rotatable bonds is 4. The number of carbonyl (C=O) groups is 1. The number of nitrogens with one attached hydrogen (secondary N) is 1. The van der Waals surface area contributed by atoms with Gasteiger partial charge in [-0.05, 0) is 31.4 Å². The molecule has 0 spiro atoms. The van der Waals surface area contributed by atoms with E-state index < -0.39 is 0 Å². The number of para-hydroxylation sites is 1. The van der Waals surface area contributed by atoms with Gasteiger partial charge >= 0.3 is 0 Å². The van der Waals surface area contributed by atoms with Crippen LogP contribution in [0.15, 0.2) is 24.3 Å². The third-order valence-corrected chi connectivity index (χ3v) is 5.77. The number of aliphatic hydroxyl groups excluding tert-OH is 1. The van der Waals surface area contributed by atoms with Crippen molar-refractivity contribution in [3.63, 3.8) is 0 Å². The molecule has 0 saturated carbocycles. The van der Waals surface area contributed by atoms with Crippen molar-refractivity contribution >= 4 is 16.8 Å². The van der Waals surface area contributed by atoms with E-state index >= 15 is 0 Å². The molecular formula is C20H27N3O3. The Bertz CT molecular complexity index is 816. The molecule has 0 bridgehead atoms. The normalized spacial score (nSPS) is 26.2. The van der Waals surface area contributed by atoms with Crippen LogP contribution in [0, 0.1) is 6.92 Å². The number of ether oxygens (including phenoxy) is 1. The molecule has 4 rings (SSSR count). The van der Waals surface area contributed by atoms with Crippen molar-refractivity contribution in [3.05, 3.63) is 35.5 Å². The highest BCUT2D eigenvalue weighted by atomic mass is 16.5. The summed E-state index contributed by atoms with van der Waals surface area (Å²) in [7, 11) is 1.95.